The van der Waals surface area contributed by atoms with Crippen LogP contribution in [0, 0.1) is 0 Å². The number of ether oxygens (including phenoxy) is 1. The zero-order chi connectivity index (χ0) is 14.2. The Morgan fingerprint density at radius 3 is 2.60 bits per heavy atom. The van der Waals surface area contributed by atoms with Gasteiger partial charge in [-0.25, -0.2) is 0 Å². The summed E-state index contributed by atoms with van der Waals surface area (Å²) in [5, 5.41) is 3.40. The van der Waals surface area contributed by atoms with Crippen LogP contribution in [0.5, 0.6) is 5.75 Å². The fraction of sp³-hybridized carbons (Fsp3) is 0.294. The van der Waals surface area contributed by atoms with E-state index in [2.05, 4.69) is 52.4 Å². The molecule has 0 fully saturated rings. The van der Waals surface area contributed by atoms with Crippen LogP contribution in [0.25, 0.3) is 0 Å². The zero-order valence-corrected chi connectivity index (χ0v) is 13.3. The van der Waals surface area contributed by atoms with Crippen molar-refractivity contribution < 1.29 is 4.74 Å². The summed E-state index contributed by atoms with van der Waals surface area (Å²) in [7, 11) is 0. The van der Waals surface area contributed by atoms with E-state index in [4.69, 9.17) is 4.74 Å². The molecular weight excluding hydrogens is 314 g/mol. The predicted octanol–water partition coefficient (Wildman–Crippen LogP) is 4.53. The lowest BCUT2D eigenvalue weighted by Crippen LogP contribution is -2.13. The molecule has 0 bridgehead atoms. The van der Waals surface area contributed by atoms with Crippen molar-refractivity contribution in [1.82, 2.24) is 5.32 Å². The topological polar surface area (TPSA) is 21.3 Å². The first-order valence-corrected chi connectivity index (χ1v) is 7.74. The molecule has 0 aromatic heterocycles. The molecular formula is C17H20BrNO. The Balaban J connectivity index is 1.89. The number of benzene rings is 2. The Kier molecular flexibility index (Phi) is 6.09. The molecule has 2 rings (SSSR count). The molecule has 0 unspecified atom stereocenters. The molecule has 0 amide bonds. The molecule has 0 aliphatic carbocycles. The maximum absolute atomic E-state index is 5.84. The third kappa shape index (κ3) is 4.99. The van der Waals surface area contributed by atoms with Gasteiger partial charge in [-0.05, 0) is 48.4 Å². The van der Waals surface area contributed by atoms with E-state index in [-0.39, 0.29) is 0 Å². The van der Waals surface area contributed by atoms with E-state index < -0.39 is 0 Å². The molecule has 0 atom stereocenters. The quantitative estimate of drug-likeness (QED) is 0.751. The Hall–Kier alpha value is -1.32. The van der Waals surface area contributed by atoms with Crippen LogP contribution in [0.4, 0.5) is 0 Å². The van der Waals surface area contributed by atoms with Crippen molar-refractivity contribution in [3.8, 4) is 5.75 Å². The van der Waals surface area contributed by atoms with Gasteiger partial charge in [0.1, 0.15) is 12.4 Å². The Morgan fingerprint density at radius 1 is 1.05 bits per heavy atom. The standard InChI is InChI=1S/C17H20BrNO/c1-2-10-19-12-15-4-3-5-17(11-15)20-13-14-6-8-16(18)9-7-14/h3-9,11,19H,2,10,12-13H2,1H3. The Labute approximate surface area is 129 Å². The van der Waals surface area contributed by atoms with E-state index in [9.17, 15) is 0 Å². The molecule has 0 radical (unpaired) electrons. The fourth-order valence-corrected chi connectivity index (χ4v) is 2.17. The SMILES string of the molecule is CCCNCc1cccc(OCc2ccc(Br)cc2)c1. The summed E-state index contributed by atoms with van der Waals surface area (Å²) in [5.41, 5.74) is 2.43. The Morgan fingerprint density at radius 2 is 1.85 bits per heavy atom. The lowest BCUT2D eigenvalue weighted by atomic mass is 10.2. The molecule has 0 heterocycles. The molecule has 0 saturated carbocycles. The van der Waals surface area contributed by atoms with E-state index in [1.54, 1.807) is 0 Å². The minimum absolute atomic E-state index is 0.596. The molecule has 1 N–H and O–H groups in total. The summed E-state index contributed by atoms with van der Waals surface area (Å²) < 4.78 is 6.92. The molecule has 2 aromatic rings. The molecule has 0 spiro atoms. The van der Waals surface area contributed by atoms with Crippen LogP contribution in [0.3, 0.4) is 0 Å². The summed E-state index contributed by atoms with van der Waals surface area (Å²) in [4.78, 5) is 0. The van der Waals surface area contributed by atoms with Crippen LogP contribution in [-0.2, 0) is 13.2 Å². The van der Waals surface area contributed by atoms with E-state index in [1.165, 1.54) is 11.1 Å². The van der Waals surface area contributed by atoms with E-state index in [0.29, 0.717) is 6.61 Å². The number of hydrogen-bond donors (Lipinski definition) is 1. The number of rotatable bonds is 7. The van der Waals surface area contributed by atoms with E-state index in [1.807, 2.05) is 24.3 Å². The molecule has 20 heavy (non-hydrogen) atoms. The Bertz CT molecular complexity index is 525. The number of nitrogens with one attached hydrogen (secondary N) is 1. The van der Waals surface area contributed by atoms with Gasteiger partial charge in [-0.15, -0.1) is 0 Å². The predicted molar refractivity (Wildman–Crippen MR) is 86.9 cm³/mol. The van der Waals surface area contributed by atoms with Gasteiger partial charge in [0, 0.05) is 11.0 Å². The first-order chi connectivity index (χ1) is 9.78. The molecule has 2 aromatic carbocycles. The fourth-order valence-electron chi connectivity index (χ4n) is 1.90. The second kappa shape index (κ2) is 8.08. The van der Waals surface area contributed by atoms with Crippen molar-refractivity contribution in [2.45, 2.75) is 26.5 Å². The largest absolute Gasteiger partial charge is 0.489 e. The van der Waals surface area contributed by atoms with Crippen molar-refractivity contribution >= 4 is 15.9 Å². The average molecular weight is 334 g/mol. The van der Waals surface area contributed by atoms with Crippen LogP contribution < -0.4 is 10.1 Å². The highest BCUT2D eigenvalue weighted by Crippen LogP contribution is 2.16. The number of halogens is 1. The van der Waals surface area contributed by atoms with Crippen LogP contribution in [0.1, 0.15) is 24.5 Å². The molecule has 0 aliphatic heterocycles. The third-order valence-electron chi connectivity index (χ3n) is 2.97. The molecule has 3 heteroatoms. The average Bonchev–Trinajstić information content (AvgIpc) is 2.47. The van der Waals surface area contributed by atoms with Crippen LogP contribution >= 0.6 is 15.9 Å². The van der Waals surface area contributed by atoms with Crippen molar-refractivity contribution in [2.75, 3.05) is 6.54 Å². The maximum atomic E-state index is 5.84. The highest BCUT2D eigenvalue weighted by Gasteiger charge is 1.98. The summed E-state index contributed by atoms with van der Waals surface area (Å²) in [6.45, 7) is 4.71. The van der Waals surface area contributed by atoms with Crippen LogP contribution in [0.2, 0.25) is 0 Å². The first-order valence-electron chi connectivity index (χ1n) is 6.95. The zero-order valence-electron chi connectivity index (χ0n) is 11.7. The van der Waals surface area contributed by atoms with Crippen LogP contribution in [-0.4, -0.2) is 6.54 Å². The van der Waals surface area contributed by atoms with Gasteiger partial charge >= 0.3 is 0 Å². The van der Waals surface area contributed by atoms with Crippen molar-refractivity contribution in [2.24, 2.45) is 0 Å². The van der Waals surface area contributed by atoms with Gasteiger partial charge in [-0.3, -0.25) is 0 Å². The van der Waals surface area contributed by atoms with Gasteiger partial charge in [-0.1, -0.05) is 47.1 Å². The highest BCUT2D eigenvalue weighted by molar-refractivity contribution is 9.10. The smallest absolute Gasteiger partial charge is 0.120 e. The highest BCUT2D eigenvalue weighted by atomic mass is 79.9. The van der Waals surface area contributed by atoms with Gasteiger partial charge in [0.2, 0.25) is 0 Å². The van der Waals surface area contributed by atoms with Crippen molar-refractivity contribution in [3.63, 3.8) is 0 Å². The van der Waals surface area contributed by atoms with Gasteiger partial charge in [-0.2, -0.15) is 0 Å². The van der Waals surface area contributed by atoms with E-state index in [0.717, 1.165) is 29.7 Å². The minimum atomic E-state index is 0.596. The second-order valence-corrected chi connectivity index (χ2v) is 5.65. The molecule has 106 valence electrons. The molecule has 2 nitrogen and oxygen atoms in total. The van der Waals surface area contributed by atoms with Crippen LogP contribution in [0.15, 0.2) is 53.0 Å². The second-order valence-electron chi connectivity index (χ2n) is 4.74. The number of hydrogen-bond acceptors (Lipinski definition) is 2. The van der Waals surface area contributed by atoms with Gasteiger partial charge in [0.25, 0.3) is 0 Å². The summed E-state index contributed by atoms with van der Waals surface area (Å²) in [6.07, 6.45) is 1.15. The minimum Gasteiger partial charge on any atom is -0.489 e. The normalized spacial score (nSPS) is 10.5. The lowest BCUT2D eigenvalue weighted by molar-refractivity contribution is 0.306. The van der Waals surface area contributed by atoms with Gasteiger partial charge in [0.05, 0.1) is 0 Å². The third-order valence-corrected chi connectivity index (χ3v) is 3.50. The van der Waals surface area contributed by atoms with Gasteiger partial charge in [0.15, 0.2) is 0 Å². The monoisotopic (exact) mass is 333 g/mol. The van der Waals surface area contributed by atoms with Crippen molar-refractivity contribution in [1.29, 1.82) is 0 Å². The summed E-state index contributed by atoms with van der Waals surface area (Å²) >= 11 is 3.43. The molecule has 0 saturated heterocycles. The first kappa shape index (κ1) is 15.1. The maximum Gasteiger partial charge on any atom is 0.120 e. The van der Waals surface area contributed by atoms with E-state index >= 15 is 0 Å². The molecule has 0 aliphatic rings. The lowest BCUT2D eigenvalue weighted by Gasteiger charge is -2.09. The summed E-state index contributed by atoms with van der Waals surface area (Å²) in [5.74, 6) is 0.920. The van der Waals surface area contributed by atoms with Crippen molar-refractivity contribution in [3.05, 3.63) is 64.1 Å². The summed E-state index contributed by atoms with van der Waals surface area (Å²) in [6, 6.07) is 16.5. The van der Waals surface area contributed by atoms with Gasteiger partial charge < -0.3 is 10.1 Å².